The monoisotopic (exact) mass is 300 g/mol. The van der Waals surface area contributed by atoms with Gasteiger partial charge in [0.2, 0.25) is 5.95 Å². The quantitative estimate of drug-likeness (QED) is 0.863. The molecule has 0 spiro atoms. The minimum absolute atomic E-state index is 0.376. The van der Waals surface area contributed by atoms with Crippen molar-refractivity contribution < 1.29 is 4.74 Å². The van der Waals surface area contributed by atoms with Gasteiger partial charge in [0.05, 0.1) is 6.10 Å². The molecule has 1 saturated heterocycles. The van der Waals surface area contributed by atoms with Gasteiger partial charge in [0.1, 0.15) is 10.4 Å². The summed E-state index contributed by atoms with van der Waals surface area (Å²) < 4.78 is 6.34. The zero-order valence-corrected chi connectivity index (χ0v) is 11.5. The van der Waals surface area contributed by atoms with E-state index in [-0.39, 0.29) is 0 Å². The van der Waals surface area contributed by atoms with Crippen LogP contribution in [0.4, 0.5) is 11.8 Å². The molecule has 0 bridgehead atoms. The standard InChI is InChI=1S/C11H17BrN4O/c1-2-17-8-3-5-16(6-4-8)11-14-9(12)7-10(13)15-11/h7-8H,2-6H2,1H3,(H2,13,14,15). The Morgan fingerprint density at radius 3 is 2.76 bits per heavy atom. The molecule has 0 aliphatic carbocycles. The van der Waals surface area contributed by atoms with E-state index < -0.39 is 0 Å². The molecular formula is C11H17BrN4O. The number of hydrogen-bond acceptors (Lipinski definition) is 5. The first-order chi connectivity index (χ1) is 8.19. The van der Waals surface area contributed by atoms with Crippen LogP contribution in [0.2, 0.25) is 0 Å². The van der Waals surface area contributed by atoms with Gasteiger partial charge in [-0.1, -0.05) is 0 Å². The molecule has 2 heterocycles. The molecule has 94 valence electrons. The fourth-order valence-corrected chi connectivity index (χ4v) is 2.42. The van der Waals surface area contributed by atoms with E-state index >= 15 is 0 Å². The summed E-state index contributed by atoms with van der Waals surface area (Å²) in [6.07, 6.45) is 2.41. The fourth-order valence-electron chi connectivity index (χ4n) is 2.02. The molecule has 0 atom stereocenters. The lowest BCUT2D eigenvalue weighted by Crippen LogP contribution is -2.38. The maximum atomic E-state index is 5.71. The van der Waals surface area contributed by atoms with Crippen LogP contribution in [0, 0.1) is 0 Å². The number of halogens is 1. The lowest BCUT2D eigenvalue weighted by Gasteiger charge is -2.31. The largest absolute Gasteiger partial charge is 0.383 e. The summed E-state index contributed by atoms with van der Waals surface area (Å²) in [7, 11) is 0. The number of rotatable bonds is 3. The van der Waals surface area contributed by atoms with Crippen LogP contribution in [0.3, 0.4) is 0 Å². The smallest absolute Gasteiger partial charge is 0.228 e. The third-order valence-electron chi connectivity index (χ3n) is 2.83. The molecule has 1 aromatic heterocycles. The molecular weight excluding hydrogens is 284 g/mol. The van der Waals surface area contributed by atoms with Gasteiger partial charge in [0.15, 0.2) is 0 Å². The summed E-state index contributed by atoms with van der Waals surface area (Å²) in [5.41, 5.74) is 5.71. The third kappa shape index (κ3) is 3.29. The number of nitrogens with two attached hydrogens (primary N) is 1. The van der Waals surface area contributed by atoms with Crippen LogP contribution in [-0.2, 0) is 4.74 Å². The molecule has 0 radical (unpaired) electrons. The fraction of sp³-hybridized carbons (Fsp3) is 0.636. The van der Waals surface area contributed by atoms with Gasteiger partial charge in [-0.2, -0.15) is 4.98 Å². The van der Waals surface area contributed by atoms with Gasteiger partial charge in [0.25, 0.3) is 0 Å². The van der Waals surface area contributed by atoms with E-state index in [0.29, 0.717) is 17.9 Å². The molecule has 17 heavy (non-hydrogen) atoms. The Balaban J connectivity index is 2.00. The maximum Gasteiger partial charge on any atom is 0.228 e. The Labute approximate surface area is 110 Å². The van der Waals surface area contributed by atoms with Gasteiger partial charge >= 0.3 is 0 Å². The first-order valence-electron chi connectivity index (χ1n) is 5.85. The molecule has 0 unspecified atom stereocenters. The van der Waals surface area contributed by atoms with E-state index in [9.17, 15) is 0 Å². The topological polar surface area (TPSA) is 64.3 Å². The van der Waals surface area contributed by atoms with Crippen molar-refractivity contribution in [3.05, 3.63) is 10.7 Å². The zero-order valence-electron chi connectivity index (χ0n) is 9.90. The Morgan fingerprint density at radius 2 is 2.18 bits per heavy atom. The Bertz CT molecular complexity index is 359. The second-order valence-corrected chi connectivity index (χ2v) is 4.87. The number of piperidine rings is 1. The SMILES string of the molecule is CCOC1CCN(c2nc(N)cc(Br)n2)CC1. The van der Waals surface area contributed by atoms with Crippen LogP contribution in [0.25, 0.3) is 0 Å². The maximum absolute atomic E-state index is 5.71. The van der Waals surface area contributed by atoms with Crippen LogP contribution < -0.4 is 10.6 Å². The number of ether oxygens (including phenoxy) is 1. The lowest BCUT2D eigenvalue weighted by atomic mass is 10.1. The molecule has 5 nitrogen and oxygen atoms in total. The lowest BCUT2D eigenvalue weighted by molar-refractivity contribution is 0.0457. The van der Waals surface area contributed by atoms with Crippen LogP contribution >= 0.6 is 15.9 Å². The van der Waals surface area contributed by atoms with Crippen LogP contribution in [0.1, 0.15) is 19.8 Å². The van der Waals surface area contributed by atoms with Crippen molar-refractivity contribution in [2.45, 2.75) is 25.9 Å². The number of anilines is 2. The highest BCUT2D eigenvalue weighted by Gasteiger charge is 2.21. The molecule has 1 aliphatic heterocycles. The summed E-state index contributed by atoms with van der Waals surface area (Å²) in [6, 6.07) is 1.70. The summed E-state index contributed by atoms with van der Waals surface area (Å²) in [6.45, 7) is 4.65. The number of nitrogen functional groups attached to an aromatic ring is 1. The van der Waals surface area contributed by atoms with Gasteiger partial charge in [-0.25, -0.2) is 4.98 Å². The van der Waals surface area contributed by atoms with Crippen molar-refractivity contribution in [3.8, 4) is 0 Å². The van der Waals surface area contributed by atoms with Gasteiger partial charge in [0, 0.05) is 25.8 Å². The van der Waals surface area contributed by atoms with E-state index in [0.717, 1.165) is 37.1 Å². The number of aromatic nitrogens is 2. The van der Waals surface area contributed by atoms with E-state index in [2.05, 4.69) is 30.8 Å². The normalized spacial score (nSPS) is 17.4. The first-order valence-corrected chi connectivity index (χ1v) is 6.65. The molecule has 1 fully saturated rings. The van der Waals surface area contributed by atoms with Crippen molar-refractivity contribution in [3.63, 3.8) is 0 Å². The van der Waals surface area contributed by atoms with Crippen molar-refractivity contribution in [2.24, 2.45) is 0 Å². The third-order valence-corrected chi connectivity index (χ3v) is 3.24. The van der Waals surface area contributed by atoms with Crippen molar-refractivity contribution >= 4 is 27.7 Å². The van der Waals surface area contributed by atoms with Crippen molar-refractivity contribution in [1.82, 2.24) is 9.97 Å². The summed E-state index contributed by atoms with van der Waals surface area (Å²) in [4.78, 5) is 10.7. The highest BCUT2D eigenvalue weighted by molar-refractivity contribution is 9.10. The van der Waals surface area contributed by atoms with Crippen LogP contribution in [-0.4, -0.2) is 35.8 Å². The number of nitrogens with zero attached hydrogens (tertiary/aromatic N) is 3. The highest BCUT2D eigenvalue weighted by Crippen LogP contribution is 2.21. The average Bonchev–Trinajstić information content (AvgIpc) is 2.29. The van der Waals surface area contributed by atoms with E-state index in [4.69, 9.17) is 10.5 Å². The van der Waals surface area contributed by atoms with E-state index in [1.165, 1.54) is 0 Å². The second-order valence-electron chi connectivity index (χ2n) is 4.06. The van der Waals surface area contributed by atoms with Gasteiger partial charge < -0.3 is 15.4 Å². The Morgan fingerprint density at radius 1 is 1.47 bits per heavy atom. The second kappa shape index (κ2) is 5.64. The molecule has 6 heteroatoms. The molecule has 0 aromatic carbocycles. The minimum Gasteiger partial charge on any atom is -0.383 e. The minimum atomic E-state index is 0.376. The predicted molar refractivity (Wildman–Crippen MR) is 71.0 cm³/mol. The van der Waals surface area contributed by atoms with Crippen LogP contribution in [0.5, 0.6) is 0 Å². The summed E-state index contributed by atoms with van der Waals surface area (Å²) in [5.74, 6) is 1.20. The van der Waals surface area contributed by atoms with Crippen molar-refractivity contribution in [2.75, 3.05) is 30.3 Å². The van der Waals surface area contributed by atoms with Gasteiger partial charge in [-0.15, -0.1) is 0 Å². The molecule has 1 aliphatic rings. The average molecular weight is 301 g/mol. The Kier molecular flexibility index (Phi) is 4.17. The zero-order chi connectivity index (χ0) is 12.3. The molecule has 2 N–H and O–H groups in total. The molecule has 0 saturated carbocycles. The van der Waals surface area contributed by atoms with Crippen LogP contribution in [0.15, 0.2) is 10.7 Å². The highest BCUT2D eigenvalue weighted by atomic mass is 79.9. The molecule has 1 aromatic rings. The first kappa shape index (κ1) is 12.6. The van der Waals surface area contributed by atoms with Crippen molar-refractivity contribution in [1.29, 1.82) is 0 Å². The van der Waals surface area contributed by atoms with E-state index in [1.807, 2.05) is 6.92 Å². The van der Waals surface area contributed by atoms with Gasteiger partial charge in [-0.05, 0) is 35.7 Å². The van der Waals surface area contributed by atoms with E-state index in [1.54, 1.807) is 6.07 Å². The number of hydrogen-bond donors (Lipinski definition) is 1. The summed E-state index contributed by atoms with van der Waals surface area (Å²) in [5, 5.41) is 0. The van der Waals surface area contributed by atoms with Gasteiger partial charge in [-0.3, -0.25) is 0 Å². The Hall–Kier alpha value is -0.880. The molecule has 0 amide bonds. The summed E-state index contributed by atoms with van der Waals surface area (Å²) >= 11 is 3.33. The molecule has 2 rings (SSSR count). The predicted octanol–water partition coefficient (Wildman–Crippen LogP) is 1.83.